The highest BCUT2D eigenvalue weighted by Gasteiger charge is 2.44. The molecule has 0 unspecified atom stereocenters. The van der Waals surface area contributed by atoms with Crippen molar-refractivity contribution in [2.45, 2.75) is 32.6 Å². The Kier molecular flexibility index (Phi) is 5.65. The van der Waals surface area contributed by atoms with Crippen LogP contribution in [0.25, 0.3) is 0 Å². The number of aryl methyl sites for hydroxylation is 1. The zero-order chi connectivity index (χ0) is 18.7. The SMILES string of the molecule is COCCCN1CC2(CCN(c3ncc(C)c(N(C)C)n3)CC2)CC1=O. The van der Waals surface area contributed by atoms with Crippen molar-refractivity contribution < 1.29 is 9.53 Å². The van der Waals surface area contributed by atoms with Gasteiger partial charge in [-0.15, -0.1) is 0 Å². The molecule has 0 saturated carbocycles. The summed E-state index contributed by atoms with van der Waals surface area (Å²) in [4.78, 5) is 28.0. The predicted molar refractivity (Wildman–Crippen MR) is 103 cm³/mol. The normalized spacial score (nSPS) is 19.5. The number of likely N-dealkylation sites (tertiary alicyclic amines) is 1. The molecule has 3 rings (SSSR count). The molecule has 0 aromatic carbocycles. The molecule has 1 spiro atoms. The van der Waals surface area contributed by atoms with Crippen LogP contribution in [0.2, 0.25) is 0 Å². The van der Waals surface area contributed by atoms with Gasteiger partial charge < -0.3 is 19.4 Å². The van der Waals surface area contributed by atoms with Gasteiger partial charge in [-0.05, 0) is 26.2 Å². The molecule has 0 N–H and O–H groups in total. The van der Waals surface area contributed by atoms with Crippen LogP contribution >= 0.6 is 0 Å². The van der Waals surface area contributed by atoms with E-state index >= 15 is 0 Å². The van der Waals surface area contributed by atoms with Gasteiger partial charge in [0.15, 0.2) is 0 Å². The Morgan fingerprint density at radius 2 is 2.04 bits per heavy atom. The second kappa shape index (κ2) is 7.78. The van der Waals surface area contributed by atoms with Crippen molar-refractivity contribution >= 4 is 17.7 Å². The second-order valence-corrected chi connectivity index (χ2v) is 7.90. The summed E-state index contributed by atoms with van der Waals surface area (Å²) in [6, 6.07) is 0. The van der Waals surface area contributed by atoms with Gasteiger partial charge in [-0.1, -0.05) is 0 Å². The number of rotatable bonds is 6. The van der Waals surface area contributed by atoms with Gasteiger partial charge in [-0.25, -0.2) is 4.98 Å². The summed E-state index contributed by atoms with van der Waals surface area (Å²) in [7, 11) is 5.72. The quantitative estimate of drug-likeness (QED) is 0.719. The average molecular weight is 361 g/mol. The fourth-order valence-corrected chi connectivity index (χ4v) is 4.13. The van der Waals surface area contributed by atoms with E-state index in [1.54, 1.807) is 7.11 Å². The summed E-state index contributed by atoms with van der Waals surface area (Å²) in [5, 5.41) is 0. The molecule has 7 heteroatoms. The highest BCUT2D eigenvalue weighted by molar-refractivity contribution is 5.79. The van der Waals surface area contributed by atoms with Crippen molar-refractivity contribution in [2.24, 2.45) is 5.41 Å². The molecule has 26 heavy (non-hydrogen) atoms. The van der Waals surface area contributed by atoms with Gasteiger partial charge in [-0.2, -0.15) is 4.98 Å². The summed E-state index contributed by atoms with van der Waals surface area (Å²) in [6.07, 6.45) is 5.54. The van der Waals surface area contributed by atoms with Crippen molar-refractivity contribution in [3.63, 3.8) is 0 Å². The van der Waals surface area contributed by atoms with Gasteiger partial charge in [0.2, 0.25) is 11.9 Å². The van der Waals surface area contributed by atoms with Gasteiger partial charge >= 0.3 is 0 Å². The van der Waals surface area contributed by atoms with Gasteiger partial charge in [-0.3, -0.25) is 4.79 Å². The zero-order valence-electron chi connectivity index (χ0n) is 16.5. The van der Waals surface area contributed by atoms with E-state index in [1.165, 1.54) is 0 Å². The first-order valence-corrected chi connectivity index (χ1v) is 9.47. The third kappa shape index (κ3) is 3.92. The molecule has 2 fully saturated rings. The number of hydrogen-bond acceptors (Lipinski definition) is 6. The van der Waals surface area contributed by atoms with Gasteiger partial charge in [0.25, 0.3) is 0 Å². The van der Waals surface area contributed by atoms with Crippen molar-refractivity contribution in [1.29, 1.82) is 0 Å². The van der Waals surface area contributed by atoms with E-state index in [4.69, 9.17) is 9.72 Å². The van der Waals surface area contributed by atoms with Crippen LogP contribution in [-0.4, -0.2) is 74.8 Å². The Hall–Kier alpha value is -1.89. The molecule has 0 radical (unpaired) electrons. The van der Waals surface area contributed by atoms with E-state index in [0.717, 1.165) is 62.8 Å². The average Bonchev–Trinajstić information content (AvgIpc) is 2.91. The lowest BCUT2D eigenvalue weighted by molar-refractivity contribution is -0.128. The maximum Gasteiger partial charge on any atom is 0.227 e. The maximum absolute atomic E-state index is 12.4. The van der Waals surface area contributed by atoms with E-state index in [2.05, 4.69) is 9.88 Å². The molecule has 2 aliphatic heterocycles. The minimum atomic E-state index is 0.135. The third-order valence-electron chi connectivity index (χ3n) is 5.64. The number of carbonyl (C=O) groups excluding carboxylic acids is 1. The first-order chi connectivity index (χ1) is 12.4. The number of methoxy groups -OCH3 is 1. The van der Waals surface area contributed by atoms with Crippen LogP contribution in [0.4, 0.5) is 11.8 Å². The minimum absolute atomic E-state index is 0.135. The second-order valence-electron chi connectivity index (χ2n) is 7.90. The smallest absolute Gasteiger partial charge is 0.227 e. The van der Waals surface area contributed by atoms with Gasteiger partial charge in [0, 0.05) is 77.6 Å². The molecule has 0 atom stereocenters. The molecule has 1 aromatic rings. The first-order valence-electron chi connectivity index (χ1n) is 9.47. The minimum Gasteiger partial charge on any atom is -0.385 e. The lowest BCUT2D eigenvalue weighted by atomic mass is 9.77. The fourth-order valence-electron chi connectivity index (χ4n) is 4.13. The number of amides is 1. The Morgan fingerprint density at radius 3 is 2.69 bits per heavy atom. The van der Waals surface area contributed by atoms with Crippen LogP contribution in [0.15, 0.2) is 6.20 Å². The molecule has 144 valence electrons. The van der Waals surface area contributed by atoms with Gasteiger partial charge in [0.05, 0.1) is 0 Å². The monoisotopic (exact) mass is 361 g/mol. The molecule has 1 aromatic heterocycles. The number of ether oxygens (including phenoxy) is 1. The van der Waals surface area contributed by atoms with E-state index in [9.17, 15) is 4.79 Å². The summed E-state index contributed by atoms with van der Waals surface area (Å²) >= 11 is 0. The highest BCUT2D eigenvalue weighted by atomic mass is 16.5. The summed E-state index contributed by atoms with van der Waals surface area (Å²) in [5.74, 6) is 2.07. The molecule has 1 amide bonds. The van der Waals surface area contributed by atoms with Crippen LogP contribution in [0.1, 0.15) is 31.2 Å². The lowest BCUT2D eigenvalue weighted by Gasteiger charge is -2.39. The predicted octanol–water partition coefficient (Wildman–Crippen LogP) is 1.71. The van der Waals surface area contributed by atoms with Crippen molar-refractivity contribution in [1.82, 2.24) is 14.9 Å². The van der Waals surface area contributed by atoms with E-state index in [0.29, 0.717) is 18.9 Å². The van der Waals surface area contributed by atoms with Crippen molar-refractivity contribution in [3.8, 4) is 0 Å². The number of nitrogens with zero attached hydrogens (tertiary/aromatic N) is 5. The molecular weight excluding hydrogens is 330 g/mol. The molecule has 3 heterocycles. The standard InChI is InChI=1S/C19H31N5O2/c1-15-13-20-18(21-17(15)22(2)3)23-9-6-19(7-10-23)12-16(25)24(14-19)8-5-11-26-4/h13H,5-12,14H2,1-4H3. The molecule has 7 nitrogen and oxygen atoms in total. The van der Waals surface area contributed by atoms with E-state index < -0.39 is 0 Å². The number of hydrogen-bond donors (Lipinski definition) is 0. The molecule has 0 bridgehead atoms. The van der Waals surface area contributed by atoms with Gasteiger partial charge in [0.1, 0.15) is 5.82 Å². The van der Waals surface area contributed by atoms with E-state index in [1.807, 2.05) is 37.0 Å². The van der Waals surface area contributed by atoms with Crippen LogP contribution in [0.5, 0.6) is 0 Å². The Labute approximate surface area is 156 Å². The number of carbonyl (C=O) groups is 1. The van der Waals surface area contributed by atoms with Crippen LogP contribution in [0, 0.1) is 12.3 Å². The Bertz CT molecular complexity index is 641. The van der Waals surface area contributed by atoms with Crippen molar-refractivity contribution in [2.75, 3.05) is 63.8 Å². The number of aromatic nitrogens is 2. The number of anilines is 2. The highest BCUT2D eigenvalue weighted by Crippen LogP contribution is 2.41. The largest absolute Gasteiger partial charge is 0.385 e. The first kappa shape index (κ1) is 18.9. The zero-order valence-corrected chi connectivity index (χ0v) is 16.5. The van der Waals surface area contributed by atoms with E-state index in [-0.39, 0.29) is 5.41 Å². The summed E-state index contributed by atoms with van der Waals surface area (Å²) < 4.78 is 5.11. The topological polar surface area (TPSA) is 61.8 Å². The molecule has 0 aliphatic carbocycles. The molecular formula is C19H31N5O2. The van der Waals surface area contributed by atoms with Crippen LogP contribution < -0.4 is 9.80 Å². The summed E-state index contributed by atoms with van der Waals surface area (Å²) in [5.41, 5.74) is 1.22. The van der Waals surface area contributed by atoms with Crippen LogP contribution in [0.3, 0.4) is 0 Å². The summed E-state index contributed by atoms with van der Waals surface area (Å²) in [6.45, 7) is 6.27. The Morgan fingerprint density at radius 1 is 1.31 bits per heavy atom. The molecule has 2 aliphatic rings. The maximum atomic E-state index is 12.4. The lowest BCUT2D eigenvalue weighted by Crippen LogP contribution is -2.42. The number of piperidine rings is 1. The Balaban J connectivity index is 1.61. The fraction of sp³-hybridized carbons (Fsp3) is 0.737. The van der Waals surface area contributed by atoms with Crippen molar-refractivity contribution in [3.05, 3.63) is 11.8 Å². The third-order valence-corrected chi connectivity index (χ3v) is 5.64. The van der Waals surface area contributed by atoms with Crippen LogP contribution in [-0.2, 0) is 9.53 Å². The molecule has 2 saturated heterocycles.